The maximum absolute atomic E-state index is 5.29. The van der Waals surface area contributed by atoms with E-state index < -0.39 is 0 Å². The lowest BCUT2D eigenvalue weighted by Gasteiger charge is -2.09. The molecule has 1 saturated heterocycles. The molecule has 0 radical (unpaired) electrons. The topological polar surface area (TPSA) is 27.1 Å². The summed E-state index contributed by atoms with van der Waals surface area (Å²) < 4.78 is 8.38. The molecule has 0 N–H and O–H groups in total. The van der Waals surface area contributed by atoms with Crippen LogP contribution in [0.15, 0.2) is 10.8 Å². The minimum Gasteiger partial charge on any atom is -0.379 e. The Balaban J connectivity index is 2.26. The Morgan fingerprint density at radius 3 is 3.08 bits per heavy atom. The second-order valence-corrected chi connectivity index (χ2v) is 3.83. The molecule has 1 fully saturated rings. The summed E-state index contributed by atoms with van der Waals surface area (Å²) in [7, 11) is 0. The Labute approximate surface area is 79.8 Å². The van der Waals surface area contributed by atoms with Crippen LogP contribution in [0.2, 0.25) is 0 Å². The molecule has 3 nitrogen and oxygen atoms in total. The van der Waals surface area contributed by atoms with E-state index in [1.807, 2.05) is 17.8 Å². The molecule has 0 aliphatic carbocycles. The van der Waals surface area contributed by atoms with E-state index in [0.29, 0.717) is 6.04 Å². The molecule has 1 aliphatic heterocycles. The summed E-state index contributed by atoms with van der Waals surface area (Å²) in [6.07, 6.45) is 2.95. The molecule has 0 aromatic carbocycles. The van der Waals surface area contributed by atoms with Gasteiger partial charge in [-0.15, -0.1) is 0 Å². The SMILES string of the molecule is Cc1cnn(C2CCOC2)c1Br. The van der Waals surface area contributed by atoms with Gasteiger partial charge in [-0.1, -0.05) is 0 Å². The number of nitrogens with zero attached hydrogens (tertiary/aromatic N) is 2. The zero-order valence-corrected chi connectivity index (χ0v) is 8.54. The van der Waals surface area contributed by atoms with Gasteiger partial charge in [0, 0.05) is 12.2 Å². The quantitative estimate of drug-likeness (QED) is 0.738. The van der Waals surface area contributed by atoms with Crippen molar-refractivity contribution in [1.29, 1.82) is 0 Å². The van der Waals surface area contributed by atoms with Crippen LogP contribution in [0.25, 0.3) is 0 Å². The van der Waals surface area contributed by atoms with Gasteiger partial charge in [-0.25, -0.2) is 0 Å². The van der Waals surface area contributed by atoms with Crippen molar-refractivity contribution in [3.05, 3.63) is 16.4 Å². The van der Waals surface area contributed by atoms with Gasteiger partial charge >= 0.3 is 0 Å². The predicted octanol–water partition coefficient (Wildman–Crippen LogP) is 1.92. The van der Waals surface area contributed by atoms with Crippen molar-refractivity contribution in [1.82, 2.24) is 9.78 Å². The van der Waals surface area contributed by atoms with Gasteiger partial charge in [-0.05, 0) is 29.3 Å². The largest absolute Gasteiger partial charge is 0.379 e. The first-order valence-electron chi connectivity index (χ1n) is 4.06. The molecule has 2 rings (SSSR count). The van der Waals surface area contributed by atoms with Gasteiger partial charge < -0.3 is 4.74 Å². The van der Waals surface area contributed by atoms with Crippen molar-refractivity contribution >= 4 is 15.9 Å². The maximum Gasteiger partial charge on any atom is 0.107 e. The molecule has 0 spiro atoms. The molecule has 0 saturated carbocycles. The summed E-state index contributed by atoms with van der Waals surface area (Å²) in [6, 6.07) is 0.424. The van der Waals surface area contributed by atoms with Crippen molar-refractivity contribution in [2.45, 2.75) is 19.4 Å². The van der Waals surface area contributed by atoms with Crippen molar-refractivity contribution in [3.63, 3.8) is 0 Å². The zero-order valence-electron chi connectivity index (χ0n) is 6.96. The highest BCUT2D eigenvalue weighted by molar-refractivity contribution is 9.10. The molecule has 12 heavy (non-hydrogen) atoms. The number of ether oxygens (including phenoxy) is 1. The fourth-order valence-corrected chi connectivity index (χ4v) is 1.89. The highest BCUT2D eigenvalue weighted by Crippen LogP contribution is 2.24. The summed E-state index contributed by atoms with van der Waals surface area (Å²) >= 11 is 3.51. The molecule has 4 heteroatoms. The van der Waals surface area contributed by atoms with Crippen molar-refractivity contribution in [3.8, 4) is 0 Å². The molecular weight excluding hydrogens is 220 g/mol. The standard InChI is InChI=1S/C8H11BrN2O/c1-6-4-10-11(8(6)9)7-2-3-12-5-7/h4,7H,2-3,5H2,1H3. The van der Waals surface area contributed by atoms with Gasteiger partial charge in [0.15, 0.2) is 0 Å². The number of aryl methyl sites for hydroxylation is 1. The summed E-state index contributed by atoms with van der Waals surface area (Å²) in [5.74, 6) is 0. The van der Waals surface area contributed by atoms with Crippen molar-refractivity contribution in [2.24, 2.45) is 0 Å². The van der Waals surface area contributed by atoms with Crippen LogP contribution in [0.3, 0.4) is 0 Å². The number of rotatable bonds is 1. The number of hydrogen-bond donors (Lipinski definition) is 0. The molecule has 1 aliphatic rings. The summed E-state index contributed by atoms with van der Waals surface area (Å²) in [5.41, 5.74) is 1.18. The molecule has 1 unspecified atom stereocenters. The van der Waals surface area contributed by atoms with Gasteiger partial charge in [0.25, 0.3) is 0 Å². The normalized spacial score (nSPS) is 23.3. The van der Waals surface area contributed by atoms with E-state index in [1.165, 1.54) is 5.56 Å². The summed E-state index contributed by atoms with van der Waals surface area (Å²) in [5, 5.41) is 4.29. The second kappa shape index (κ2) is 3.18. The third-order valence-electron chi connectivity index (χ3n) is 2.15. The first-order valence-corrected chi connectivity index (χ1v) is 4.85. The Kier molecular flexibility index (Phi) is 2.19. The van der Waals surface area contributed by atoms with Crippen LogP contribution in [-0.4, -0.2) is 23.0 Å². The molecule has 1 aromatic heterocycles. The van der Waals surface area contributed by atoms with E-state index in [4.69, 9.17) is 4.74 Å². The van der Waals surface area contributed by atoms with Crippen molar-refractivity contribution < 1.29 is 4.74 Å². The lowest BCUT2D eigenvalue weighted by molar-refractivity contribution is 0.184. The van der Waals surface area contributed by atoms with Crippen molar-refractivity contribution in [2.75, 3.05) is 13.2 Å². The van der Waals surface area contributed by atoms with Gasteiger partial charge in [-0.3, -0.25) is 4.68 Å². The zero-order chi connectivity index (χ0) is 8.55. The van der Waals surface area contributed by atoms with Crippen LogP contribution in [0.1, 0.15) is 18.0 Å². The average Bonchev–Trinajstić information content (AvgIpc) is 2.64. The number of halogens is 1. The van der Waals surface area contributed by atoms with Crippen LogP contribution < -0.4 is 0 Å². The highest BCUT2D eigenvalue weighted by Gasteiger charge is 2.20. The van der Waals surface area contributed by atoms with E-state index in [0.717, 1.165) is 24.2 Å². The van der Waals surface area contributed by atoms with Crippen LogP contribution in [0.4, 0.5) is 0 Å². The second-order valence-electron chi connectivity index (χ2n) is 3.08. The molecule has 1 atom stereocenters. The van der Waals surface area contributed by atoms with Gasteiger partial charge in [0.2, 0.25) is 0 Å². The molecular formula is C8H11BrN2O. The summed E-state index contributed by atoms with van der Waals surface area (Å²) in [6.45, 7) is 3.69. The minimum atomic E-state index is 0.424. The molecule has 2 heterocycles. The summed E-state index contributed by atoms with van der Waals surface area (Å²) in [4.78, 5) is 0. The fraction of sp³-hybridized carbons (Fsp3) is 0.625. The average molecular weight is 231 g/mol. The number of aromatic nitrogens is 2. The highest BCUT2D eigenvalue weighted by atomic mass is 79.9. The van der Waals surface area contributed by atoms with Crippen LogP contribution >= 0.6 is 15.9 Å². The Morgan fingerprint density at radius 1 is 1.75 bits per heavy atom. The first-order chi connectivity index (χ1) is 5.79. The van der Waals surface area contributed by atoms with E-state index in [9.17, 15) is 0 Å². The lowest BCUT2D eigenvalue weighted by atomic mass is 10.3. The van der Waals surface area contributed by atoms with Gasteiger partial charge in [0.05, 0.1) is 18.8 Å². The van der Waals surface area contributed by atoms with E-state index in [1.54, 1.807) is 0 Å². The molecule has 66 valence electrons. The monoisotopic (exact) mass is 230 g/mol. The smallest absolute Gasteiger partial charge is 0.107 e. The van der Waals surface area contributed by atoms with E-state index in [-0.39, 0.29) is 0 Å². The Hall–Kier alpha value is -0.350. The van der Waals surface area contributed by atoms with E-state index >= 15 is 0 Å². The predicted molar refractivity (Wildman–Crippen MR) is 49.1 cm³/mol. The Morgan fingerprint density at radius 2 is 2.58 bits per heavy atom. The van der Waals surface area contributed by atoms with Gasteiger partial charge in [0.1, 0.15) is 4.60 Å². The maximum atomic E-state index is 5.29. The lowest BCUT2D eigenvalue weighted by Crippen LogP contribution is -2.10. The van der Waals surface area contributed by atoms with Crippen LogP contribution in [0.5, 0.6) is 0 Å². The molecule has 1 aromatic rings. The minimum absolute atomic E-state index is 0.424. The third-order valence-corrected chi connectivity index (χ3v) is 3.14. The van der Waals surface area contributed by atoms with Crippen LogP contribution in [-0.2, 0) is 4.74 Å². The fourth-order valence-electron chi connectivity index (χ4n) is 1.40. The third kappa shape index (κ3) is 1.29. The van der Waals surface area contributed by atoms with Crippen LogP contribution in [0, 0.1) is 6.92 Å². The van der Waals surface area contributed by atoms with E-state index in [2.05, 4.69) is 21.0 Å². The van der Waals surface area contributed by atoms with Gasteiger partial charge in [-0.2, -0.15) is 5.10 Å². The first kappa shape index (κ1) is 8.26. The molecule has 0 amide bonds. The Bertz CT molecular complexity index is 279. The number of hydrogen-bond acceptors (Lipinski definition) is 2. The molecule has 0 bridgehead atoms.